The Morgan fingerprint density at radius 2 is 1.79 bits per heavy atom. The van der Waals surface area contributed by atoms with Crippen LogP contribution in [-0.4, -0.2) is 114 Å². The molecule has 3 aliphatic heterocycles. The first-order valence-electron chi connectivity index (χ1n) is 13.9. The summed E-state index contributed by atoms with van der Waals surface area (Å²) in [6, 6.07) is -1.73. The van der Waals surface area contributed by atoms with E-state index in [1.165, 1.54) is 18.2 Å². The number of rotatable bonds is 6. The zero-order chi connectivity index (χ0) is 30.3. The molecule has 14 heteroatoms. The van der Waals surface area contributed by atoms with Crippen LogP contribution in [0.4, 0.5) is 5.69 Å². The molecule has 5 atom stereocenters. The van der Waals surface area contributed by atoms with E-state index in [1.54, 1.807) is 17.1 Å². The van der Waals surface area contributed by atoms with Gasteiger partial charge in [0.15, 0.2) is 0 Å². The van der Waals surface area contributed by atoms with Crippen LogP contribution in [-0.2, 0) is 11.2 Å². The van der Waals surface area contributed by atoms with Gasteiger partial charge in [0.2, 0.25) is 0 Å². The zero-order valence-electron chi connectivity index (χ0n) is 22.6. The number of aliphatic hydroxyl groups is 7. The standard InChI is InChI=1S/C29H30N4O10/c34-8-11(9-35)31-33-28(41)23-21-14-3-1-12(37)5-16(14)30-25(21)26-22(24(23)29(33)42)15-4-2-13(38)6-17(15)32(26)20-7-18(39)27(40)19(10-36)43-20/h1-2,4-6,11,17-20,27,30-31,34-40H,3,7-10H2/t17?,18-,19-,20-,27+/m1/s1. The molecule has 226 valence electrons. The van der Waals surface area contributed by atoms with E-state index in [0.29, 0.717) is 38.3 Å². The fraction of sp³-hybridized carbons (Fsp3) is 0.379. The van der Waals surface area contributed by atoms with Crippen molar-refractivity contribution in [2.45, 2.75) is 49.5 Å². The Balaban J connectivity index is 1.54. The molecule has 0 saturated carbocycles. The highest BCUT2D eigenvalue weighted by Gasteiger charge is 2.49. The number of aromatic amines is 1. The quantitative estimate of drug-likeness (QED) is 0.160. The molecule has 1 unspecified atom stereocenters. The first kappa shape index (κ1) is 27.8. The number of hydrazine groups is 1. The van der Waals surface area contributed by atoms with Gasteiger partial charge in [0.05, 0.1) is 60.3 Å². The highest BCUT2D eigenvalue weighted by atomic mass is 16.5. The molecular formula is C29H30N4O10. The number of nitrogens with one attached hydrogen (secondary N) is 2. The molecule has 4 heterocycles. The number of carbonyl (C=O) groups excluding carboxylic acids is 2. The number of amides is 2. The van der Waals surface area contributed by atoms with Gasteiger partial charge in [0.25, 0.3) is 11.8 Å². The van der Waals surface area contributed by atoms with Gasteiger partial charge in [-0.1, -0.05) is 6.08 Å². The summed E-state index contributed by atoms with van der Waals surface area (Å²) in [5.41, 5.74) is 4.86. The first-order valence-corrected chi connectivity index (χ1v) is 13.9. The van der Waals surface area contributed by atoms with Gasteiger partial charge in [-0.3, -0.25) is 9.59 Å². The Morgan fingerprint density at radius 1 is 1.05 bits per heavy atom. The maximum absolute atomic E-state index is 14.1. The van der Waals surface area contributed by atoms with Crippen molar-refractivity contribution in [3.8, 4) is 0 Å². The molecule has 1 aromatic carbocycles. The maximum Gasteiger partial charge on any atom is 0.276 e. The van der Waals surface area contributed by atoms with E-state index in [0.717, 1.165) is 5.01 Å². The normalized spacial score (nSPS) is 27.8. The van der Waals surface area contributed by atoms with Crippen molar-refractivity contribution >= 4 is 40.1 Å². The average molecular weight is 595 g/mol. The van der Waals surface area contributed by atoms with Crippen molar-refractivity contribution in [2.24, 2.45) is 0 Å². The van der Waals surface area contributed by atoms with Gasteiger partial charge < -0.3 is 50.4 Å². The number of benzene rings is 1. The van der Waals surface area contributed by atoms with Crippen LogP contribution in [0.2, 0.25) is 0 Å². The lowest BCUT2D eigenvalue weighted by molar-refractivity contribution is -0.179. The van der Waals surface area contributed by atoms with Gasteiger partial charge in [-0.15, -0.1) is 0 Å². The molecule has 14 nitrogen and oxygen atoms in total. The number of fused-ring (bicyclic) bond motifs is 9. The van der Waals surface area contributed by atoms with E-state index >= 15 is 0 Å². The van der Waals surface area contributed by atoms with E-state index in [-0.39, 0.29) is 35.5 Å². The van der Waals surface area contributed by atoms with Gasteiger partial charge in [0.1, 0.15) is 30.0 Å². The summed E-state index contributed by atoms with van der Waals surface area (Å²) in [7, 11) is 0. The second kappa shape index (κ2) is 10.0. The van der Waals surface area contributed by atoms with Crippen molar-refractivity contribution in [3.05, 3.63) is 63.1 Å². The van der Waals surface area contributed by atoms with E-state index in [9.17, 15) is 45.3 Å². The fourth-order valence-electron chi connectivity index (χ4n) is 6.74. The number of hydrogen-bond acceptors (Lipinski definition) is 12. The van der Waals surface area contributed by atoms with Gasteiger partial charge in [-0.25, -0.2) is 10.4 Å². The largest absolute Gasteiger partial charge is 0.508 e. The molecule has 1 saturated heterocycles. The van der Waals surface area contributed by atoms with Crippen molar-refractivity contribution in [3.63, 3.8) is 0 Å². The SMILES string of the molecule is O=C1c2c(c3c4c([nH]c3c3c2=C2C=CC(O)=CC2N3[C@H]2C[C@@H](O)[C@H](O)[C@@H](CO)O2)=CC(O)=CC4)C(=O)N1NC(CO)CO. The number of ether oxygens (including phenoxy) is 1. The average Bonchev–Trinajstić information content (AvgIpc) is 3.60. The third kappa shape index (κ3) is 3.92. The first-order chi connectivity index (χ1) is 20.7. The summed E-state index contributed by atoms with van der Waals surface area (Å²) in [6.45, 7) is -1.66. The Kier molecular flexibility index (Phi) is 6.48. The molecule has 2 amide bonds. The topological polar surface area (TPSA) is 219 Å². The Hall–Kier alpha value is -4.02. The highest BCUT2D eigenvalue weighted by molar-refractivity contribution is 6.29. The van der Waals surface area contributed by atoms with Crippen molar-refractivity contribution in [2.75, 3.05) is 24.7 Å². The smallest absolute Gasteiger partial charge is 0.276 e. The van der Waals surface area contributed by atoms with E-state index in [1.807, 2.05) is 0 Å². The Labute approximate surface area is 243 Å². The Bertz CT molecular complexity index is 1790. The summed E-state index contributed by atoms with van der Waals surface area (Å²) in [6.07, 6.45) is 3.20. The van der Waals surface area contributed by atoms with E-state index < -0.39 is 68.3 Å². The highest BCUT2D eigenvalue weighted by Crippen LogP contribution is 2.43. The van der Waals surface area contributed by atoms with Crippen LogP contribution in [0, 0.1) is 0 Å². The number of aromatic nitrogens is 1. The van der Waals surface area contributed by atoms with Crippen LogP contribution >= 0.6 is 0 Å². The summed E-state index contributed by atoms with van der Waals surface area (Å²) >= 11 is 0. The van der Waals surface area contributed by atoms with Crippen molar-refractivity contribution < 1.29 is 50.1 Å². The molecule has 0 spiro atoms. The number of H-pyrrole nitrogens is 1. The van der Waals surface area contributed by atoms with Crippen LogP contribution in [0.25, 0.3) is 22.6 Å². The minimum absolute atomic E-state index is 0.0148. The van der Waals surface area contributed by atoms with Gasteiger partial charge >= 0.3 is 0 Å². The van der Waals surface area contributed by atoms with Crippen LogP contribution < -0.4 is 20.9 Å². The number of hydrogen-bond donors (Lipinski definition) is 9. The lowest BCUT2D eigenvalue weighted by Crippen LogP contribution is -2.56. The number of allylic oxidation sites excluding steroid dienone is 3. The third-order valence-corrected chi connectivity index (χ3v) is 8.72. The van der Waals surface area contributed by atoms with Gasteiger partial charge in [-0.05, 0) is 35.8 Å². The Morgan fingerprint density at radius 3 is 2.51 bits per heavy atom. The van der Waals surface area contributed by atoms with Crippen LogP contribution in [0.15, 0.2) is 35.8 Å². The van der Waals surface area contributed by atoms with Crippen LogP contribution in [0.5, 0.6) is 0 Å². The van der Waals surface area contributed by atoms with Crippen molar-refractivity contribution in [1.29, 1.82) is 0 Å². The zero-order valence-corrected chi connectivity index (χ0v) is 22.6. The van der Waals surface area contributed by atoms with Crippen LogP contribution in [0.1, 0.15) is 32.7 Å². The summed E-state index contributed by atoms with van der Waals surface area (Å²) in [4.78, 5) is 33.1. The minimum atomic E-state index is -1.34. The molecule has 2 aliphatic carbocycles. The summed E-state index contributed by atoms with van der Waals surface area (Å²) in [5.74, 6) is -1.46. The lowest BCUT2D eigenvalue weighted by Gasteiger charge is -2.43. The molecule has 5 aliphatic rings. The monoisotopic (exact) mass is 594 g/mol. The second-order valence-corrected chi connectivity index (χ2v) is 11.2. The molecule has 43 heavy (non-hydrogen) atoms. The molecule has 2 aromatic rings. The summed E-state index contributed by atoms with van der Waals surface area (Å²) < 4.78 is 6.10. The lowest BCUT2D eigenvalue weighted by atomic mass is 9.93. The minimum Gasteiger partial charge on any atom is -0.508 e. The maximum atomic E-state index is 14.1. The molecule has 0 radical (unpaired) electrons. The molecule has 1 aromatic heterocycles. The number of carbonyl (C=O) groups is 2. The molecule has 7 rings (SSSR count). The summed E-state index contributed by atoms with van der Waals surface area (Å²) in [5, 5.41) is 73.2. The molecular weight excluding hydrogens is 564 g/mol. The molecule has 0 bridgehead atoms. The predicted molar refractivity (Wildman–Crippen MR) is 150 cm³/mol. The predicted octanol–water partition coefficient (Wildman–Crippen LogP) is -2.42. The molecule has 1 fully saturated rings. The van der Waals surface area contributed by atoms with Gasteiger partial charge in [0, 0.05) is 28.5 Å². The van der Waals surface area contributed by atoms with E-state index in [4.69, 9.17) is 4.74 Å². The number of imide groups is 1. The number of aliphatic hydroxyl groups excluding tert-OH is 7. The van der Waals surface area contributed by atoms with Crippen molar-refractivity contribution in [1.82, 2.24) is 15.4 Å². The number of nitrogens with zero attached hydrogens (tertiary/aromatic N) is 2. The van der Waals surface area contributed by atoms with E-state index in [2.05, 4.69) is 10.4 Å². The third-order valence-electron chi connectivity index (χ3n) is 8.72. The fourth-order valence-corrected chi connectivity index (χ4v) is 6.74. The van der Waals surface area contributed by atoms with Gasteiger partial charge in [-0.2, -0.15) is 0 Å². The van der Waals surface area contributed by atoms with Crippen LogP contribution in [0.3, 0.4) is 0 Å². The second-order valence-electron chi connectivity index (χ2n) is 11.2. The molecule has 9 N–H and O–H groups in total. The number of anilines is 1.